The minimum absolute atomic E-state index is 0.259. The Hall–Kier alpha value is -2.56. The lowest BCUT2D eigenvalue weighted by Crippen LogP contribution is -1.94. The molecule has 0 bridgehead atoms. The summed E-state index contributed by atoms with van der Waals surface area (Å²) in [5.41, 5.74) is 3.39. The molecule has 100 valence electrons. The van der Waals surface area contributed by atoms with Crippen molar-refractivity contribution >= 4 is 0 Å². The van der Waals surface area contributed by atoms with Crippen LogP contribution in [0.5, 0.6) is 0 Å². The lowest BCUT2D eigenvalue weighted by Gasteiger charge is -2.04. The second-order valence-electron chi connectivity index (χ2n) is 4.38. The van der Waals surface area contributed by atoms with E-state index in [0.29, 0.717) is 0 Å². The van der Waals surface area contributed by atoms with Crippen molar-refractivity contribution in [2.45, 2.75) is 13.3 Å². The van der Waals surface area contributed by atoms with E-state index >= 15 is 0 Å². The summed E-state index contributed by atoms with van der Waals surface area (Å²) in [6.07, 6.45) is 4.24. The lowest BCUT2D eigenvalue weighted by molar-refractivity contribution is 0.628. The Kier molecular flexibility index (Phi) is 3.25. The minimum Gasteiger partial charge on any atom is -0.277 e. The van der Waals surface area contributed by atoms with Crippen molar-refractivity contribution in [3.63, 3.8) is 0 Å². The molecule has 2 aromatic heterocycles. The fourth-order valence-electron chi connectivity index (χ4n) is 2.04. The van der Waals surface area contributed by atoms with E-state index in [4.69, 9.17) is 0 Å². The maximum atomic E-state index is 13.0. The first-order valence-electron chi connectivity index (χ1n) is 6.39. The molecule has 0 saturated carbocycles. The Bertz CT molecular complexity index is 719. The van der Waals surface area contributed by atoms with Crippen LogP contribution in [-0.2, 0) is 6.42 Å². The molecule has 3 aromatic rings. The van der Waals surface area contributed by atoms with Crippen LogP contribution in [0.25, 0.3) is 22.5 Å². The molecule has 1 N–H and O–H groups in total. The lowest BCUT2D eigenvalue weighted by atomic mass is 10.1. The van der Waals surface area contributed by atoms with Crippen molar-refractivity contribution < 1.29 is 4.39 Å². The van der Waals surface area contributed by atoms with Gasteiger partial charge >= 0.3 is 0 Å². The SMILES string of the molecule is CCc1nccc(-c2cn[nH]c2-c2ccc(F)cc2)n1. The van der Waals surface area contributed by atoms with Crippen LogP contribution in [-0.4, -0.2) is 20.2 Å². The quantitative estimate of drug-likeness (QED) is 0.793. The van der Waals surface area contributed by atoms with Crippen molar-refractivity contribution in [1.82, 2.24) is 20.2 Å². The van der Waals surface area contributed by atoms with Crippen molar-refractivity contribution in [3.8, 4) is 22.5 Å². The third kappa shape index (κ3) is 2.30. The van der Waals surface area contributed by atoms with Crippen molar-refractivity contribution in [2.75, 3.05) is 0 Å². The van der Waals surface area contributed by atoms with Crippen LogP contribution in [0, 0.1) is 5.82 Å². The van der Waals surface area contributed by atoms with Crippen LogP contribution < -0.4 is 0 Å². The number of nitrogens with one attached hydrogen (secondary N) is 1. The smallest absolute Gasteiger partial charge is 0.128 e. The molecule has 0 unspecified atom stereocenters. The van der Waals surface area contributed by atoms with Crippen LogP contribution in [0.2, 0.25) is 0 Å². The molecule has 2 heterocycles. The number of hydrogen-bond donors (Lipinski definition) is 1. The normalized spacial score (nSPS) is 10.7. The summed E-state index contributed by atoms with van der Waals surface area (Å²) >= 11 is 0. The molecule has 0 atom stereocenters. The van der Waals surface area contributed by atoms with Crippen LogP contribution in [0.4, 0.5) is 4.39 Å². The summed E-state index contributed by atoms with van der Waals surface area (Å²) in [4.78, 5) is 8.68. The van der Waals surface area contributed by atoms with E-state index in [1.165, 1.54) is 12.1 Å². The van der Waals surface area contributed by atoms with Gasteiger partial charge in [0, 0.05) is 23.7 Å². The largest absolute Gasteiger partial charge is 0.277 e. The third-order valence-corrected chi connectivity index (χ3v) is 3.07. The first-order chi connectivity index (χ1) is 9.78. The Balaban J connectivity index is 2.07. The maximum absolute atomic E-state index is 13.0. The average Bonchev–Trinajstić information content (AvgIpc) is 2.97. The highest BCUT2D eigenvalue weighted by molar-refractivity contribution is 5.78. The van der Waals surface area contributed by atoms with E-state index in [1.54, 1.807) is 24.5 Å². The zero-order valence-electron chi connectivity index (χ0n) is 11.0. The molecule has 1 aromatic carbocycles. The number of halogens is 1. The van der Waals surface area contributed by atoms with Gasteiger partial charge in [-0.15, -0.1) is 0 Å². The molecule has 0 spiro atoms. The molecule has 0 amide bonds. The summed E-state index contributed by atoms with van der Waals surface area (Å²) in [6, 6.07) is 8.13. The predicted molar refractivity (Wildman–Crippen MR) is 74.4 cm³/mol. The molecule has 0 aliphatic heterocycles. The Morgan fingerprint density at radius 1 is 1.15 bits per heavy atom. The van der Waals surface area contributed by atoms with Crippen molar-refractivity contribution in [1.29, 1.82) is 0 Å². The molecule has 0 aliphatic carbocycles. The second kappa shape index (κ2) is 5.21. The van der Waals surface area contributed by atoms with Gasteiger partial charge in [0.05, 0.1) is 17.6 Å². The molecular weight excluding hydrogens is 255 g/mol. The van der Waals surface area contributed by atoms with Gasteiger partial charge in [-0.2, -0.15) is 5.10 Å². The van der Waals surface area contributed by atoms with Gasteiger partial charge in [0.15, 0.2) is 0 Å². The third-order valence-electron chi connectivity index (χ3n) is 3.07. The number of nitrogens with zero attached hydrogens (tertiary/aromatic N) is 3. The average molecular weight is 268 g/mol. The molecule has 20 heavy (non-hydrogen) atoms. The molecule has 0 aliphatic rings. The molecule has 4 nitrogen and oxygen atoms in total. The van der Waals surface area contributed by atoms with Gasteiger partial charge in [0.1, 0.15) is 11.6 Å². The Morgan fingerprint density at radius 3 is 2.70 bits per heavy atom. The first-order valence-corrected chi connectivity index (χ1v) is 6.39. The number of rotatable bonds is 3. The van der Waals surface area contributed by atoms with Gasteiger partial charge in [-0.05, 0) is 30.3 Å². The predicted octanol–water partition coefficient (Wildman–Crippen LogP) is 3.24. The maximum Gasteiger partial charge on any atom is 0.128 e. The second-order valence-corrected chi connectivity index (χ2v) is 4.38. The summed E-state index contributed by atoms with van der Waals surface area (Å²) in [5, 5.41) is 7.02. The molecule has 0 fully saturated rings. The van der Waals surface area contributed by atoms with E-state index < -0.39 is 0 Å². The van der Waals surface area contributed by atoms with Gasteiger partial charge in [0.2, 0.25) is 0 Å². The molecule has 0 radical (unpaired) electrons. The van der Waals surface area contributed by atoms with E-state index in [2.05, 4.69) is 20.2 Å². The van der Waals surface area contributed by atoms with Gasteiger partial charge < -0.3 is 0 Å². The highest BCUT2D eigenvalue weighted by Gasteiger charge is 2.11. The minimum atomic E-state index is -0.259. The van der Waals surface area contributed by atoms with Gasteiger partial charge in [-0.3, -0.25) is 5.10 Å². The molecule has 0 saturated heterocycles. The summed E-state index contributed by atoms with van der Waals surface area (Å²) in [7, 11) is 0. The molecular formula is C15H13FN4. The summed E-state index contributed by atoms with van der Waals surface area (Å²) in [5.74, 6) is 0.527. The number of aromatic nitrogens is 4. The number of aromatic amines is 1. The summed E-state index contributed by atoms with van der Waals surface area (Å²) < 4.78 is 13.0. The number of H-pyrrole nitrogens is 1. The number of aryl methyl sites for hydroxylation is 1. The van der Waals surface area contributed by atoms with Crippen LogP contribution in [0.15, 0.2) is 42.7 Å². The zero-order valence-corrected chi connectivity index (χ0v) is 11.0. The molecule has 3 rings (SSSR count). The fourth-order valence-corrected chi connectivity index (χ4v) is 2.04. The Morgan fingerprint density at radius 2 is 1.95 bits per heavy atom. The van der Waals surface area contributed by atoms with Crippen molar-refractivity contribution in [2.24, 2.45) is 0 Å². The summed E-state index contributed by atoms with van der Waals surface area (Å²) in [6.45, 7) is 2.01. The zero-order chi connectivity index (χ0) is 13.9. The highest BCUT2D eigenvalue weighted by Crippen LogP contribution is 2.28. The number of benzene rings is 1. The highest BCUT2D eigenvalue weighted by atomic mass is 19.1. The van der Waals surface area contributed by atoms with E-state index in [0.717, 1.165) is 34.8 Å². The number of hydrogen-bond acceptors (Lipinski definition) is 3. The Labute approximate surface area is 115 Å². The van der Waals surface area contributed by atoms with Crippen LogP contribution >= 0.6 is 0 Å². The van der Waals surface area contributed by atoms with Crippen molar-refractivity contribution in [3.05, 3.63) is 54.4 Å². The monoisotopic (exact) mass is 268 g/mol. The van der Waals surface area contributed by atoms with Crippen LogP contribution in [0.3, 0.4) is 0 Å². The fraction of sp³-hybridized carbons (Fsp3) is 0.133. The van der Waals surface area contributed by atoms with E-state index in [-0.39, 0.29) is 5.82 Å². The van der Waals surface area contributed by atoms with E-state index in [9.17, 15) is 4.39 Å². The van der Waals surface area contributed by atoms with E-state index in [1.807, 2.05) is 13.0 Å². The van der Waals surface area contributed by atoms with Gasteiger partial charge in [-0.25, -0.2) is 14.4 Å². The standard InChI is InChI=1S/C15H13FN4/c1-2-14-17-8-7-13(19-14)12-9-18-20-15(12)10-3-5-11(16)6-4-10/h3-9H,2H2,1H3,(H,18,20). The van der Waals surface area contributed by atoms with Gasteiger partial charge in [0.25, 0.3) is 0 Å². The molecule has 5 heteroatoms. The van der Waals surface area contributed by atoms with Crippen LogP contribution in [0.1, 0.15) is 12.7 Å². The first kappa shape index (κ1) is 12.5. The van der Waals surface area contributed by atoms with Gasteiger partial charge in [-0.1, -0.05) is 6.92 Å². The topological polar surface area (TPSA) is 54.5 Å².